The number of carboxylic acid groups (broad SMARTS) is 1. The third-order valence-corrected chi connectivity index (χ3v) is 3.01. The van der Waals surface area contributed by atoms with E-state index in [0.717, 1.165) is 5.56 Å². The number of hydrogen-bond acceptors (Lipinski definition) is 3. The molecule has 1 atom stereocenters. The molecule has 0 bridgehead atoms. The predicted molar refractivity (Wildman–Crippen MR) is 59.6 cm³/mol. The lowest BCUT2D eigenvalue weighted by Crippen LogP contribution is -2.43. The first-order valence-electron chi connectivity index (χ1n) is 5.05. The molecule has 1 aromatic carbocycles. The van der Waals surface area contributed by atoms with Crippen molar-refractivity contribution < 1.29 is 14.7 Å². The lowest BCUT2D eigenvalue weighted by Gasteiger charge is -2.22. The number of hydrogen-bond donors (Lipinski definition) is 1. The van der Waals surface area contributed by atoms with Crippen LogP contribution >= 0.6 is 0 Å². The van der Waals surface area contributed by atoms with Crippen LogP contribution in [0.25, 0.3) is 0 Å². The normalized spacial score (nSPS) is 23.8. The molecule has 0 radical (unpaired) electrons. The lowest BCUT2D eigenvalue weighted by atomic mass is 9.77. The fraction of sp³-hybridized carbons (Fsp3) is 0.333. The fourth-order valence-corrected chi connectivity index (χ4v) is 1.88. The Balaban J connectivity index is 2.53. The van der Waals surface area contributed by atoms with E-state index in [1.165, 1.54) is 0 Å². The van der Waals surface area contributed by atoms with Gasteiger partial charge in [0.1, 0.15) is 6.61 Å². The molecule has 0 aliphatic carbocycles. The summed E-state index contributed by atoms with van der Waals surface area (Å²) in [5.74, 6) is -0.921. The number of rotatable bonds is 2. The minimum Gasteiger partial charge on any atom is -0.480 e. The number of nitrogens with zero attached hydrogens (tertiary/aromatic N) is 1. The van der Waals surface area contributed by atoms with Crippen LogP contribution in [0.4, 0.5) is 0 Å². The average molecular weight is 219 g/mol. The molecule has 2 rings (SSSR count). The molecule has 4 nitrogen and oxygen atoms in total. The number of oxime groups is 1. The van der Waals surface area contributed by atoms with Gasteiger partial charge in [-0.3, -0.25) is 4.79 Å². The monoisotopic (exact) mass is 219 g/mol. The highest BCUT2D eigenvalue weighted by atomic mass is 16.6. The summed E-state index contributed by atoms with van der Waals surface area (Å²) in [7, 11) is 0. The molecular weight excluding hydrogens is 206 g/mol. The molecule has 1 aromatic rings. The SMILES string of the molecule is CC1=NOCC1(C(=O)O)c1ccc(C)cc1. The molecule has 1 aliphatic rings. The second kappa shape index (κ2) is 3.63. The maximum atomic E-state index is 11.5. The first kappa shape index (κ1) is 10.7. The quantitative estimate of drug-likeness (QED) is 0.823. The summed E-state index contributed by atoms with van der Waals surface area (Å²) in [5.41, 5.74) is 1.18. The Bertz CT molecular complexity index is 450. The zero-order valence-electron chi connectivity index (χ0n) is 9.23. The standard InChI is InChI=1S/C12H13NO3/c1-8-3-5-10(6-4-8)12(11(14)15)7-16-13-9(12)2/h3-6H,7H2,1-2H3,(H,14,15). The number of benzene rings is 1. The van der Waals surface area contributed by atoms with Crippen LogP contribution in [0.15, 0.2) is 29.4 Å². The van der Waals surface area contributed by atoms with Crippen LogP contribution in [-0.4, -0.2) is 23.4 Å². The van der Waals surface area contributed by atoms with Gasteiger partial charge in [0.15, 0.2) is 5.41 Å². The van der Waals surface area contributed by atoms with Crippen molar-refractivity contribution in [3.8, 4) is 0 Å². The maximum Gasteiger partial charge on any atom is 0.323 e. The molecular formula is C12H13NO3. The van der Waals surface area contributed by atoms with Crippen LogP contribution in [-0.2, 0) is 15.0 Å². The molecule has 4 heteroatoms. The molecule has 0 saturated carbocycles. The van der Waals surface area contributed by atoms with Crippen molar-refractivity contribution in [2.45, 2.75) is 19.3 Å². The van der Waals surface area contributed by atoms with E-state index < -0.39 is 11.4 Å². The number of aryl methyl sites for hydroxylation is 1. The first-order valence-corrected chi connectivity index (χ1v) is 5.05. The number of aliphatic carboxylic acids is 1. The van der Waals surface area contributed by atoms with Crippen LogP contribution in [0.1, 0.15) is 18.1 Å². The van der Waals surface area contributed by atoms with Crippen molar-refractivity contribution in [3.05, 3.63) is 35.4 Å². The Labute approximate surface area is 93.5 Å². The molecule has 1 N–H and O–H groups in total. The summed E-state index contributed by atoms with van der Waals surface area (Å²) in [4.78, 5) is 16.4. The Kier molecular flexibility index (Phi) is 2.42. The van der Waals surface area contributed by atoms with E-state index in [2.05, 4.69) is 5.16 Å². The van der Waals surface area contributed by atoms with E-state index in [9.17, 15) is 9.90 Å². The molecule has 0 spiro atoms. The highest BCUT2D eigenvalue weighted by Gasteiger charge is 2.48. The van der Waals surface area contributed by atoms with Gasteiger partial charge in [-0.15, -0.1) is 0 Å². The third kappa shape index (κ3) is 1.38. The maximum absolute atomic E-state index is 11.5. The molecule has 16 heavy (non-hydrogen) atoms. The van der Waals surface area contributed by atoms with Crippen LogP contribution in [0, 0.1) is 6.92 Å². The fourth-order valence-electron chi connectivity index (χ4n) is 1.88. The predicted octanol–water partition coefficient (Wildman–Crippen LogP) is 1.72. The Morgan fingerprint density at radius 3 is 2.44 bits per heavy atom. The van der Waals surface area contributed by atoms with Crippen molar-refractivity contribution in [1.82, 2.24) is 0 Å². The third-order valence-electron chi connectivity index (χ3n) is 3.01. The molecule has 84 valence electrons. The smallest absolute Gasteiger partial charge is 0.323 e. The van der Waals surface area contributed by atoms with Crippen molar-refractivity contribution in [1.29, 1.82) is 0 Å². The summed E-state index contributed by atoms with van der Waals surface area (Å²) in [5, 5.41) is 13.1. The van der Waals surface area contributed by atoms with Gasteiger partial charge in [0.25, 0.3) is 0 Å². The van der Waals surface area contributed by atoms with Gasteiger partial charge in [-0.1, -0.05) is 35.0 Å². The van der Waals surface area contributed by atoms with Crippen molar-refractivity contribution in [3.63, 3.8) is 0 Å². The summed E-state index contributed by atoms with van der Waals surface area (Å²) in [6.45, 7) is 3.71. The van der Waals surface area contributed by atoms with Crippen LogP contribution < -0.4 is 0 Å². The number of carbonyl (C=O) groups is 1. The van der Waals surface area contributed by atoms with Crippen LogP contribution in [0.5, 0.6) is 0 Å². The average Bonchev–Trinajstić information content (AvgIpc) is 2.62. The van der Waals surface area contributed by atoms with Gasteiger partial charge in [0.2, 0.25) is 0 Å². The van der Waals surface area contributed by atoms with Gasteiger partial charge in [-0.2, -0.15) is 0 Å². The molecule has 0 aromatic heterocycles. The highest BCUT2D eigenvalue weighted by molar-refractivity contribution is 6.11. The Morgan fingerprint density at radius 1 is 1.38 bits per heavy atom. The van der Waals surface area contributed by atoms with Crippen molar-refractivity contribution in [2.75, 3.05) is 6.61 Å². The summed E-state index contributed by atoms with van der Waals surface area (Å²) in [6.07, 6.45) is 0. The zero-order valence-corrected chi connectivity index (χ0v) is 9.23. The van der Waals surface area contributed by atoms with E-state index in [-0.39, 0.29) is 6.61 Å². The van der Waals surface area contributed by atoms with Gasteiger partial charge in [-0.05, 0) is 19.4 Å². The van der Waals surface area contributed by atoms with Gasteiger partial charge in [-0.25, -0.2) is 0 Å². The van der Waals surface area contributed by atoms with Gasteiger partial charge in [0.05, 0.1) is 5.71 Å². The van der Waals surface area contributed by atoms with Crippen LogP contribution in [0.3, 0.4) is 0 Å². The first-order chi connectivity index (χ1) is 7.57. The largest absolute Gasteiger partial charge is 0.480 e. The van der Waals surface area contributed by atoms with Gasteiger partial charge >= 0.3 is 5.97 Å². The topological polar surface area (TPSA) is 58.9 Å². The molecule has 1 heterocycles. The minimum absolute atomic E-state index is 0.0667. The summed E-state index contributed by atoms with van der Waals surface area (Å²) in [6, 6.07) is 7.42. The van der Waals surface area contributed by atoms with Gasteiger partial charge < -0.3 is 9.94 Å². The summed E-state index contributed by atoms with van der Waals surface area (Å²) < 4.78 is 0. The summed E-state index contributed by atoms with van der Waals surface area (Å²) >= 11 is 0. The minimum atomic E-state index is -1.12. The highest BCUT2D eigenvalue weighted by Crippen LogP contribution is 2.31. The second-order valence-corrected chi connectivity index (χ2v) is 4.03. The lowest BCUT2D eigenvalue weighted by molar-refractivity contribution is -0.142. The molecule has 1 unspecified atom stereocenters. The molecule has 1 aliphatic heterocycles. The molecule has 0 saturated heterocycles. The molecule has 0 amide bonds. The Morgan fingerprint density at radius 2 is 2.00 bits per heavy atom. The van der Waals surface area contributed by atoms with Crippen molar-refractivity contribution in [2.24, 2.45) is 5.16 Å². The van der Waals surface area contributed by atoms with Crippen LogP contribution in [0.2, 0.25) is 0 Å². The second-order valence-electron chi connectivity index (χ2n) is 4.03. The van der Waals surface area contributed by atoms with E-state index >= 15 is 0 Å². The van der Waals surface area contributed by atoms with Crippen molar-refractivity contribution >= 4 is 11.7 Å². The Hall–Kier alpha value is -1.84. The zero-order chi connectivity index (χ0) is 11.8. The van der Waals surface area contributed by atoms with E-state index in [0.29, 0.717) is 11.3 Å². The van der Waals surface area contributed by atoms with Gasteiger partial charge in [0, 0.05) is 0 Å². The number of carboxylic acids is 1. The van der Waals surface area contributed by atoms with E-state index in [1.54, 1.807) is 6.92 Å². The van der Waals surface area contributed by atoms with E-state index in [4.69, 9.17) is 4.84 Å². The molecule has 0 fully saturated rings. The van der Waals surface area contributed by atoms with E-state index in [1.807, 2.05) is 31.2 Å².